The number of pyridine rings is 1. The highest BCUT2D eigenvalue weighted by Gasteiger charge is 2.28. The summed E-state index contributed by atoms with van der Waals surface area (Å²) in [7, 11) is 3.29. The quantitative estimate of drug-likeness (QED) is 0.835. The van der Waals surface area contributed by atoms with Crippen LogP contribution in [0.4, 0.5) is 13.2 Å². The molecule has 0 fully saturated rings. The predicted octanol–water partition coefficient (Wildman–Crippen LogP) is 2.65. The molecule has 1 N–H and O–H groups in total. The number of aromatic nitrogens is 1. The lowest BCUT2D eigenvalue weighted by molar-refractivity contribution is -0.154. The van der Waals surface area contributed by atoms with Crippen LogP contribution in [-0.2, 0) is 6.54 Å². The van der Waals surface area contributed by atoms with Gasteiger partial charge in [-0.3, -0.25) is 9.59 Å². The van der Waals surface area contributed by atoms with Crippen LogP contribution >= 0.6 is 0 Å². The molecule has 1 heterocycles. The second kappa shape index (κ2) is 8.52. The molecule has 0 spiro atoms. The van der Waals surface area contributed by atoms with Crippen LogP contribution in [0.15, 0.2) is 42.6 Å². The smallest absolute Gasteiger partial charge is 0.422 e. The molecule has 1 aromatic carbocycles. The monoisotopic (exact) mass is 381 g/mol. The van der Waals surface area contributed by atoms with Gasteiger partial charge in [0.1, 0.15) is 0 Å². The molecule has 9 heteroatoms. The van der Waals surface area contributed by atoms with E-state index in [0.717, 1.165) is 11.8 Å². The van der Waals surface area contributed by atoms with Gasteiger partial charge in [0.15, 0.2) is 6.61 Å². The van der Waals surface area contributed by atoms with Gasteiger partial charge in [0, 0.05) is 38.5 Å². The van der Waals surface area contributed by atoms with Crippen LogP contribution in [0.3, 0.4) is 0 Å². The number of nitrogens with zero attached hydrogens (tertiary/aromatic N) is 2. The van der Waals surface area contributed by atoms with Crippen molar-refractivity contribution in [3.63, 3.8) is 0 Å². The van der Waals surface area contributed by atoms with E-state index in [2.05, 4.69) is 15.0 Å². The zero-order valence-electron chi connectivity index (χ0n) is 14.7. The highest BCUT2D eigenvalue weighted by atomic mass is 19.4. The molecule has 0 aliphatic rings. The Hall–Kier alpha value is -3.10. The maximum Gasteiger partial charge on any atom is 0.422 e. The number of amides is 2. The highest BCUT2D eigenvalue weighted by molar-refractivity contribution is 5.94. The average molecular weight is 381 g/mol. The fourth-order valence-corrected chi connectivity index (χ4v) is 2.11. The first kappa shape index (κ1) is 20.2. The van der Waals surface area contributed by atoms with Gasteiger partial charge < -0.3 is 15.0 Å². The molecule has 27 heavy (non-hydrogen) atoms. The van der Waals surface area contributed by atoms with E-state index in [-0.39, 0.29) is 23.9 Å². The van der Waals surface area contributed by atoms with Gasteiger partial charge in [-0.15, -0.1) is 0 Å². The summed E-state index contributed by atoms with van der Waals surface area (Å²) in [5.74, 6) is -0.824. The van der Waals surface area contributed by atoms with Crippen LogP contribution < -0.4 is 10.1 Å². The van der Waals surface area contributed by atoms with E-state index in [0.29, 0.717) is 5.56 Å². The Labute approximate surface area is 154 Å². The Morgan fingerprint density at radius 1 is 1.15 bits per heavy atom. The van der Waals surface area contributed by atoms with Gasteiger partial charge >= 0.3 is 6.18 Å². The van der Waals surface area contributed by atoms with Gasteiger partial charge in [-0.2, -0.15) is 13.2 Å². The summed E-state index contributed by atoms with van der Waals surface area (Å²) < 4.78 is 40.8. The summed E-state index contributed by atoms with van der Waals surface area (Å²) in [4.78, 5) is 29.2. The summed E-state index contributed by atoms with van der Waals surface area (Å²) in [5.41, 5.74) is 1.41. The number of carbonyl (C=O) groups excluding carboxylic acids is 2. The van der Waals surface area contributed by atoms with Crippen LogP contribution in [0.2, 0.25) is 0 Å². The highest BCUT2D eigenvalue weighted by Crippen LogP contribution is 2.17. The molecule has 0 saturated heterocycles. The van der Waals surface area contributed by atoms with Crippen molar-refractivity contribution < 1.29 is 27.5 Å². The fourth-order valence-electron chi connectivity index (χ4n) is 2.11. The van der Waals surface area contributed by atoms with Crippen molar-refractivity contribution in [1.82, 2.24) is 15.2 Å². The van der Waals surface area contributed by atoms with Gasteiger partial charge in [-0.25, -0.2) is 4.98 Å². The van der Waals surface area contributed by atoms with E-state index in [1.54, 1.807) is 38.4 Å². The Kier molecular flexibility index (Phi) is 6.38. The molecule has 0 aliphatic heterocycles. The minimum absolute atomic E-state index is 0.151. The van der Waals surface area contributed by atoms with Crippen molar-refractivity contribution in [2.24, 2.45) is 0 Å². The van der Waals surface area contributed by atoms with Gasteiger partial charge in [-0.1, -0.05) is 12.1 Å². The lowest BCUT2D eigenvalue weighted by atomic mass is 10.1. The number of ether oxygens (including phenoxy) is 1. The van der Waals surface area contributed by atoms with E-state index in [9.17, 15) is 22.8 Å². The predicted molar refractivity (Wildman–Crippen MR) is 91.4 cm³/mol. The summed E-state index contributed by atoms with van der Waals surface area (Å²) in [6, 6.07) is 9.34. The molecule has 0 radical (unpaired) electrons. The largest absolute Gasteiger partial charge is 0.468 e. The van der Waals surface area contributed by atoms with Crippen molar-refractivity contribution in [3.8, 4) is 5.88 Å². The summed E-state index contributed by atoms with van der Waals surface area (Å²) in [6.07, 6.45) is -3.33. The first-order chi connectivity index (χ1) is 12.7. The van der Waals surface area contributed by atoms with Crippen molar-refractivity contribution in [2.45, 2.75) is 12.7 Å². The topological polar surface area (TPSA) is 71.5 Å². The lowest BCUT2D eigenvalue weighted by Gasteiger charge is -2.12. The molecule has 0 atom stereocenters. The number of alkyl halides is 3. The molecule has 6 nitrogen and oxygen atoms in total. The number of halogens is 3. The fraction of sp³-hybridized carbons (Fsp3) is 0.278. The Morgan fingerprint density at radius 3 is 2.48 bits per heavy atom. The minimum Gasteiger partial charge on any atom is -0.468 e. The molecule has 2 aromatic rings. The SMILES string of the molecule is CN(C)C(=O)c1cccc(CNC(=O)c2ccc(OCC(F)(F)F)nc2)c1. The summed E-state index contributed by atoms with van der Waals surface area (Å²) in [5, 5.41) is 2.66. The number of carbonyl (C=O) groups is 2. The van der Waals surface area contributed by atoms with Crippen molar-refractivity contribution in [2.75, 3.05) is 20.7 Å². The van der Waals surface area contributed by atoms with Crippen LogP contribution in [0.1, 0.15) is 26.3 Å². The third-order valence-electron chi connectivity index (χ3n) is 3.42. The van der Waals surface area contributed by atoms with Crippen molar-refractivity contribution >= 4 is 11.8 Å². The normalized spacial score (nSPS) is 11.0. The molecule has 0 bridgehead atoms. The Balaban J connectivity index is 1.94. The van der Waals surface area contributed by atoms with Gasteiger partial charge in [0.25, 0.3) is 11.8 Å². The standard InChI is InChI=1S/C18H18F3N3O3/c1-24(2)17(26)13-5-3-4-12(8-13)9-23-16(25)14-6-7-15(22-10-14)27-11-18(19,20)21/h3-8,10H,9,11H2,1-2H3,(H,23,25). The molecule has 144 valence electrons. The summed E-state index contributed by atoms with van der Waals surface area (Å²) in [6.45, 7) is -1.27. The van der Waals surface area contributed by atoms with Gasteiger partial charge in [0.05, 0.1) is 5.56 Å². The third-order valence-corrected chi connectivity index (χ3v) is 3.42. The van der Waals surface area contributed by atoms with Gasteiger partial charge in [0.2, 0.25) is 5.88 Å². The zero-order valence-corrected chi connectivity index (χ0v) is 14.7. The molecule has 2 rings (SSSR count). The molecule has 2 amide bonds. The van der Waals surface area contributed by atoms with Crippen LogP contribution in [0.5, 0.6) is 5.88 Å². The molecule has 0 unspecified atom stereocenters. The number of nitrogens with one attached hydrogen (secondary N) is 1. The first-order valence-corrected chi connectivity index (χ1v) is 7.90. The maximum absolute atomic E-state index is 12.1. The van der Waals surface area contributed by atoms with E-state index in [1.165, 1.54) is 17.0 Å². The molecular weight excluding hydrogens is 363 g/mol. The van der Waals surface area contributed by atoms with Crippen molar-refractivity contribution in [1.29, 1.82) is 0 Å². The summed E-state index contributed by atoms with van der Waals surface area (Å²) >= 11 is 0. The van der Waals surface area contributed by atoms with Crippen LogP contribution in [0, 0.1) is 0 Å². The number of hydrogen-bond donors (Lipinski definition) is 1. The maximum atomic E-state index is 12.1. The van der Waals surface area contributed by atoms with E-state index in [4.69, 9.17) is 0 Å². The lowest BCUT2D eigenvalue weighted by Crippen LogP contribution is -2.24. The molecular formula is C18H18F3N3O3. The number of rotatable bonds is 6. The number of benzene rings is 1. The average Bonchev–Trinajstić information content (AvgIpc) is 2.63. The number of hydrogen-bond acceptors (Lipinski definition) is 4. The van der Waals surface area contributed by atoms with Crippen molar-refractivity contribution in [3.05, 3.63) is 59.3 Å². The molecule has 0 saturated carbocycles. The van der Waals surface area contributed by atoms with E-state index < -0.39 is 18.7 Å². The zero-order chi connectivity index (χ0) is 20.0. The van der Waals surface area contributed by atoms with E-state index in [1.807, 2.05) is 0 Å². The van der Waals surface area contributed by atoms with E-state index >= 15 is 0 Å². The Morgan fingerprint density at radius 2 is 1.89 bits per heavy atom. The minimum atomic E-state index is -4.46. The molecule has 1 aromatic heterocycles. The van der Waals surface area contributed by atoms with Crippen LogP contribution in [0.25, 0.3) is 0 Å². The van der Waals surface area contributed by atoms with Gasteiger partial charge in [-0.05, 0) is 23.8 Å². The second-order valence-corrected chi connectivity index (χ2v) is 5.87. The van der Waals surface area contributed by atoms with Crippen LogP contribution in [-0.4, -0.2) is 48.6 Å². The first-order valence-electron chi connectivity index (χ1n) is 7.90. The molecule has 0 aliphatic carbocycles. The Bertz CT molecular complexity index is 805. The third kappa shape index (κ3) is 6.28. The second-order valence-electron chi connectivity index (χ2n) is 5.87.